The molecule has 1 fully saturated rings. The number of carbonyl (C=O) groups excluding carboxylic acids is 1. The molecule has 5 nitrogen and oxygen atoms in total. The minimum Gasteiger partial charge on any atom is -0.481 e. The van der Waals surface area contributed by atoms with Gasteiger partial charge in [-0.25, -0.2) is 0 Å². The van der Waals surface area contributed by atoms with Gasteiger partial charge in [0.2, 0.25) is 5.91 Å². The highest BCUT2D eigenvalue weighted by molar-refractivity contribution is 5.85. The van der Waals surface area contributed by atoms with Crippen LogP contribution in [0.5, 0.6) is 0 Å². The maximum absolute atomic E-state index is 12.2. The zero-order valence-electron chi connectivity index (χ0n) is 13.8. The number of amides is 1. The first-order valence-electron chi connectivity index (χ1n) is 7.95. The lowest BCUT2D eigenvalue weighted by atomic mass is 9.71. The van der Waals surface area contributed by atoms with Crippen molar-refractivity contribution in [1.29, 1.82) is 0 Å². The predicted octanol–water partition coefficient (Wildman–Crippen LogP) is 2.11. The molecule has 0 aliphatic heterocycles. The monoisotopic (exact) mass is 298 g/mol. The van der Waals surface area contributed by atoms with Crippen molar-refractivity contribution in [1.82, 2.24) is 10.2 Å². The highest BCUT2D eigenvalue weighted by Crippen LogP contribution is 2.39. The summed E-state index contributed by atoms with van der Waals surface area (Å²) < 4.78 is 0. The lowest BCUT2D eigenvalue weighted by molar-refractivity contribution is -0.154. The first kappa shape index (κ1) is 18.0. The lowest BCUT2D eigenvalue weighted by Crippen LogP contribution is -2.45. The van der Waals surface area contributed by atoms with Gasteiger partial charge in [0.1, 0.15) is 0 Å². The summed E-state index contributed by atoms with van der Waals surface area (Å²) in [6.07, 6.45) is 4.25. The third-order valence-corrected chi connectivity index (χ3v) is 4.70. The first-order valence-corrected chi connectivity index (χ1v) is 7.95. The number of nitrogens with zero attached hydrogens (tertiary/aromatic N) is 1. The number of hydrogen-bond donors (Lipinski definition) is 2. The number of likely N-dealkylation sites (N-methyl/N-ethyl adjacent to an activating group) is 1. The van der Waals surface area contributed by atoms with E-state index in [4.69, 9.17) is 0 Å². The van der Waals surface area contributed by atoms with Crippen molar-refractivity contribution in [2.24, 2.45) is 11.3 Å². The summed E-state index contributed by atoms with van der Waals surface area (Å²) in [6, 6.07) is 0.265. The number of carboxylic acid groups (broad SMARTS) is 1. The molecule has 1 aliphatic rings. The molecule has 0 bridgehead atoms. The van der Waals surface area contributed by atoms with Crippen LogP contribution in [0.25, 0.3) is 0 Å². The Labute approximate surface area is 128 Å². The van der Waals surface area contributed by atoms with Crippen LogP contribution in [0.15, 0.2) is 0 Å². The second-order valence-electron chi connectivity index (χ2n) is 6.90. The molecule has 0 spiro atoms. The van der Waals surface area contributed by atoms with Crippen LogP contribution in [0.2, 0.25) is 0 Å². The maximum atomic E-state index is 12.2. The summed E-state index contributed by atoms with van der Waals surface area (Å²) in [4.78, 5) is 25.9. The van der Waals surface area contributed by atoms with Crippen LogP contribution in [-0.2, 0) is 9.59 Å². The minimum absolute atomic E-state index is 0.112. The Kier molecular flexibility index (Phi) is 6.65. The second-order valence-corrected chi connectivity index (χ2v) is 6.90. The Bertz CT molecular complexity index is 353. The number of rotatable bonds is 7. The van der Waals surface area contributed by atoms with E-state index in [1.807, 2.05) is 14.1 Å². The van der Waals surface area contributed by atoms with Crippen molar-refractivity contribution in [3.8, 4) is 0 Å². The second kappa shape index (κ2) is 7.78. The van der Waals surface area contributed by atoms with Crippen molar-refractivity contribution in [3.63, 3.8) is 0 Å². The zero-order chi connectivity index (χ0) is 16.0. The third-order valence-electron chi connectivity index (χ3n) is 4.70. The van der Waals surface area contributed by atoms with E-state index in [1.165, 1.54) is 0 Å². The molecule has 1 aliphatic carbocycles. The molecule has 122 valence electrons. The molecule has 0 radical (unpaired) electrons. The van der Waals surface area contributed by atoms with Gasteiger partial charge >= 0.3 is 5.97 Å². The van der Waals surface area contributed by atoms with E-state index in [2.05, 4.69) is 24.1 Å². The van der Waals surface area contributed by atoms with Gasteiger partial charge in [-0.05, 0) is 32.9 Å². The minimum atomic E-state index is -0.840. The molecule has 21 heavy (non-hydrogen) atoms. The number of carboxylic acids is 1. The normalized spacial score (nSPS) is 19.5. The zero-order valence-corrected chi connectivity index (χ0v) is 13.8. The van der Waals surface area contributed by atoms with Crippen molar-refractivity contribution in [2.45, 2.75) is 58.4 Å². The molecule has 1 unspecified atom stereocenters. The molecule has 2 N–H and O–H groups in total. The Morgan fingerprint density at radius 1 is 1.19 bits per heavy atom. The van der Waals surface area contributed by atoms with E-state index in [9.17, 15) is 14.7 Å². The summed E-state index contributed by atoms with van der Waals surface area (Å²) in [7, 11) is 3.99. The molecular formula is C16H30N2O3. The summed E-state index contributed by atoms with van der Waals surface area (Å²) in [5, 5.41) is 12.4. The molecule has 1 rings (SSSR count). The summed E-state index contributed by atoms with van der Waals surface area (Å²) in [5.74, 6) is -0.513. The Morgan fingerprint density at radius 3 is 2.19 bits per heavy atom. The molecule has 1 amide bonds. The van der Waals surface area contributed by atoms with Gasteiger partial charge in [-0.2, -0.15) is 0 Å². The smallest absolute Gasteiger partial charge is 0.310 e. The van der Waals surface area contributed by atoms with Gasteiger partial charge in [-0.15, -0.1) is 0 Å². The first-order chi connectivity index (χ1) is 9.78. The van der Waals surface area contributed by atoms with Crippen LogP contribution in [0, 0.1) is 11.3 Å². The number of aliphatic carboxylic acids is 1. The Hall–Kier alpha value is -1.10. The molecule has 1 saturated carbocycles. The van der Waals surface area contributed by atoms with Crippen LogP contribution < -0.4 is 5.32 Å². The molecule has 5 heteroatoms. The SMILES string of the molecule is CC(C)C(CNC(=O)CC1(C(=O)O)CCCCC1)N(C)C. The van der Waals surface area contributed by atoms with Crippen molar-refractivity contribution >= 4 is 11.9 Å². The van der Waals surface area contributed by atoms with Crippen molar-refractivity contribution in [3.05, 3.63) is 0 Å². The fourth-order valence-corrected chi connectivity index (χ4v) is 3.30. The van der Waals surface area contributed by atoms with Crippen molar-refractivity contribution in [2.75, 3.05) is 20.6 Å². The third kappa shape index (κ3) is 4.99. The van der Waals surface area contributed by atoms with Gasteiger partial charge in [0.25, 0.3) is 0 Å². The molecule has 0 aromatic carbocycles. The van der Waals surface area contributed by atoms with Gasteiger partial charge in [-0.1, -0.05) is 33.1 Å². The molecular weight excluding hydrogens is 268 g/mol. The molecule has 0 aromatic heterocycles. The number of hydrogen-bond acceptors (Lipinski definition) is 3. The summed E-state index contributed by atoms with van der Waals surface area (Å²) >= 11 is 0. The van der Waals surface area contributed by atoms with E-state index >= 15 is 0 Å². The largest absolute Gasteiger partial charge is 0.481 e. The van der Waals surface area contributed by atoms with Crippen LogP contribution >= 0.6 is 0 Å². The van der Waals surface area contributed by atoms with E-state index in [1.54, 1.807) is 0 Å². The van der Waals surface area contributed by atoms with E-state index < -0.39 is 11.4 Å². The highest BCUT2D eigenvalue weighted by atomic mass is 16.4. The Morgan fingerprint density at radius 2 is 1.76 bits per heavy atom. The topological polar surface area (TPSA) is 69.6 Å². The van der Waals surface area contributed by atoms with Gasteiger partial charge in [0.15, 0.2) is 0 Å². The van der Waals surface area contributed by atoms with Gasteiger partial charge in [0, 0.05) is 19.0 Å². The van der Waals surface area contributed by atoms with Crippen LogP contribution in [0.4, 0.5) is 0 Å². The lowest BCUT2D eigenvalue weighted by Gasteiger charge is -2.33. The number of nitrogens with one attached hydrogen (secondary N) is 1. The van der Waals surface area contributed by atoms with Crippen LogP contribution in [0.1, 0.15) is 52.4 Å². The summed E-state index contributed by atoms with van der Waals surface area (Å²) in [6.45, 7) is 4.81. The predicted molar refractivity (Wildman–Crippen MR) is 83.1 cm³/mol. The number of carbonyl (C=O) groups is 2. The fraction of sp³-hybridized carbons (Fsp3) is 0.875. The fourth-order valence-electron chi connectivity index (χ4n) is 3.30. The van der Waals surface area contributed by atoms with Gasteiger partial charge in [-0.3, -0.25) is 9.59 Å². The molecule has 0 saturated heterocycles. The molecule has 0 aromatic rings. The van der Waals surface area contributed by atoms with Crippen LogP contribution in [-0.4, -0.2) is 48.6 Å². The van der Waals surface area contributed by atoms with Gasteiger partial charge in [0.05, 0.1) is 5.41 Å². The quantitative estimate of drug-likeness (QED) is 0.755. The van der Waals surface area contributed by atoms with E-state index in [-0.39, 0.29) is 18.4 Å². The van der Waals surface area contributed by atoms with Crippen molar-refractivity contribution < 1.29 is 14.7 Å². The van der Waals surface area contributed by atoms with E-state index in [0.29, 0.717) is 25.3 Å². The van der Waals surface area contributed by atoms with Crippen LogP contribution in [0.3, 0.4) is 0 Å². The average molecular weight is 298 g/mol. The molecule has 1 atom stereocenters. The van der Waals surface area contributed by atoms with Gasteiger partial charge < -0.3 is 15.3 Å². The van der Waals surface area contributed by atoms with E-state index in [0.717, 1.165) is 19.3 Å². The average Bonchev–Trinajstić information content (AvgIpc) is 2.38. The highest BCUT2D eigenvalue weighted by Gasteiger charge is 2.41. The standard InChI is InChI=1S/C16H30N2O3/c1-12(2)13(18(3)4)11-17-14(19)10-16(15(20)21)8-6-5-7-9-16/h12-13H,5-11H2,1-4H3,(H,17,19)(H,20,21). The Balaban J connectivity index is 2.57. The maximum Gasteiger partial charge on any atom is 0.310 e. The molecule has 0 heterocycles. The summed E-state index contributed by atoms with van der Waals surface area (Å²) in [5.41, 5.74) is -0.840.